The normalized spacial score (nSPS) is 14.8. The number of amides is 2. The van der Waals surface area contributed by atoms with E-state index < -0.39 is 11.6 Å². The number of nitrogens with zero attached hydrogens (tertiary/aromatic N) is 5. The Labute approximate surface area is 186 Å². The zero-order valence-electron chi connectivity index (χ0n) is 18.7. The number of benzene rings is 1. The van der Waals surface area contributed by atoms with E-state index in [1.807, 2.05) is 49.1 Å². The van der Waals surface area contributed by atoms with Crippen LogP contribution in [0.2, 0.25) is 0 Å². The number of hydrogen-bond donors (Lipinski definition) is 1. The van der Waals surface area contributed by atoms with Gasteiger partial charge in [0.2, 0.25) is 11.8 Å². The average molecular weight is 437 g/mol. The van der Waals surface area contributed by atoms with Gasteiger partial charge in [0.05, 0.1) is 22.5 Å². The lowest BCUT2D eigenvalue weighted by molar-refractivity contribution is -0.127. The van der Waals surface area contributed by atoms with Crippen molar-refractivity contribution in [1.29, 1.82) is 0 Å². The molecule has 168 valence electrons. The van der Waals surface area contributed by atoms with E-state index in [2.05, 4.69) is 15.5 Å². The maximum atomic E-state index is 13.2. The Morgan fingerprint density at radius 3 is 2.59 bits per heavy atom. The number of hydrogen-bond acceptors (Lipinski definition) is 5. The van der Waals surface area contributed by atoms with Crippen molar-refractivity contribution in [2.75, 3.05) is 19.6 Å². The number of aromatic nitrogens is 4. The summed E-state index contributed by atoms with van der Waals surface area (Å²) in [4.78, 5) is 39.3. The van der Waals surface area contributed by atoms with Gasteiger partial charge < -0.3 is 10.2 Å². The molecule has 1 fully saturated rings. The average Bonchev–Trinajstić information content (AvgIpc) is 3.37. The number of aryl methyl sites for hydroxylation is 2. The van der Waals surface area contributed by atoms with E-state index in [0.717, 1.165) is 24.3 Å². The molecule has 0 radical (unpaired) electrons. The molecule has 3 heterocycles. The highest BCUT2D eigenvalue weighted by Gasteiger charge is 2.23. The maximum Gasteiger partial charge on any atom is 0.295 e. The van der Waals surface area contributed by atoms with Crippen molar-refractivity contribution >= 4 is 22.7 Å². The second-order valence-electron chi connectivity index (χ2n) is 8.20. The summed E-state index contributed by atoms with van der Waals surface area (Å²) in [6.07, 6.45) is 2.18. The lowest BCUT2D eigenvalue weighted by atomic mass is 10.2. The fourth-order valence-corrected chi connectivity index (χ4v) is 4.21. The largest absolute Gasteiger partial charge is 0.354 e. The third-order valence-electron chi connectivity index (χ3n) is 5.97. The van der Waals surface area contributed by atoms with Crippen LogP contribution in [0.3, 0.4) is 0 Å². The Morgan fingerprint density at radius 2 is 1.91 bits per heavy atom. The van der Waals surface area contributed by atoms with Crippen molar-refractivity contribution in [1.82, 2.24) is 29.8 Å². The van der Waals surface area contributed by atoms with Crippen LogP contribution in [-0.4, -0.2) is 55.9 Å². The summed E-state index contributed by atoms with van der Waals surface area (Å²) in [6, 6.07) is 8.82. The summed E-state index contributed by atoms with van der Waals surface area (Å²) in [7, 11) is 0. The smallest absolute Gasteiger partial charge is 0.295 e. The second-order valence-corrected chi connectivity index (χ2v) is 8.20. The molecule has 1 N–H and O–H groups in total. The van der Waals surface area contributed by atoms with Gasteiger partial charge in [-0.25, -0.2) is 9.36 Å². The SMILES string of the molecule is Cc1nn([C@@H](C)C(=O)NCCCN2CCCC2=O)c(=O)c2nn(-c3ccccc3)c(C)c12. The van der Waals surface area contributed by atoms with Crippen LogP contribution >= 0.6 is 0 Å². The molecule has 0 unspecified atom stereocenters. The van der Waals surface area contributed by atoms with E-state index in [-0.39, 0.29) is 11.8 Å². The molecule has 9 heteroatoms. The van der Waals surface area contributed by atoms with E-state index in [4.69, 9.17) is 0 Å². The van der Waals surface area contributed by atoms with Crippen LogP contribution in [0.15, 0.2) is 35.1 Å². The van der Waals surface area contributed by atoms with Crippen LogP contribution in [0.25, 0.3) is 16.6 Å². The molecule has 4 rings (SSSR count). The monoisotopic (exact) mass is 436 g/mol. The zero-order chi connectivity index (χ0) is 22.8. The first-order chi connectivity index (χ1) is 15.4. The first kappa shape index (κ1) is 21.7. The number of carbonyl (C=O) groups is 2. The highest BCUT2D eigenvalue weighted by atomic mass is 16.2. The minimum absolute atomic E-state index is 0.175. The molecule has 1 aliphatic rings. The molecule has 0 spiro atoms. The van der Waals surface area contributed by atoms with E-state index in [0.29, 0.717) is 42.5 Å². The zero-order valence-corrected chi connectivity index (χ0v) is 18.7. The quantitative estimate of drug-likeness (QED) is 0.570. The van der Waals surface area contributed by atoms with Crippen LogP contribution in [0.4, 0.5) is 0 Å². The van der Waals surface area contributed by atoms with Gasteiger partial charge in [-0.05, 0) is 45.7 Å². The third kappa shape index (κ3) is 4.02. The Bertz CT molecular complexity index is 1210. The summed E-state index contributed by atoms with van der Waals surface area (Å²) < 4.78 is 2.94. The Morgan fingerprint density at radius 1 is 1.16 bits per heavy atom. The second kappa shape index (κ2) is 8.94. The third-order valence-corrected chi connectivity index (χ3v) is 5.97. The van der Waals surface area contributed by atoms with Gasteiger partial charge in [-0.3, -0.25) is 14.4 Å². The standard InChI is InChI=1S/C23H28N6O3/c1-15-20-16(2)28(18-9-5-4-6-10-18)26-21(20)23(32)29(25-15)17(3)22(31)24-12-8-14-27-13-7-11-19(27)30/h4-6,9-10,17H,7-8,11-14H2,1-3H3,(H,24,31)/t17-/m0/s1. The van der Waals surface area contributed by atoms with E-state index >= 15 is 0 Å². The van der Waals surface area contributed by atoms with Gasteiger partial charge in [-0.15, -0.1) is 0 Å². The highest BCUT2D eigenvalue weighted by molar-refractivity contribution is 5.84. The molecule has 2 amide bonds. The Kier molecular flexibility index (Phi) is 6.07. The minimum atomic E-state index is -0.777. The van der Waals surface area contributed by atoms with Gasteiger partial charge in [0, 0.05) is 26.1 Å². The van der Waals surface area contributed by atoms with Gasteiger partial charge in [0.1, 0.15) is 6.04 Å². The predicted molar refractivity (Wildman–Crippen MR) is 121 cm³/mol. The topological polar surface area (TPSA) is 102 Å². The van der Waals surface area contributed by atoms with Crippen LogP contribution in [0.1, 0.15) is 43.6 Å². The molecular weight excluding hydrogens is 408 g/mol. The van der Waals surface area contributed by atoms with Crippen molar-refractivity contribution < 1.29 is 9.59 Å². The highest BCUT2D eigenvalue weighted by Crippen LogP contribution is 2.21. The fraction of sp³-hybridized carbons (Fsp3) is 0.435. The van der Waals surface area contributed by atoms with Crippen molar-refractivity contribution in [3.05, 3.63) is 52.1 Å². The molecule has 3 aromatic rings. The van der Waals surface area contributed by atoms with Crippen LogP contribution in [0, 0.1) is 13.8 Å². The molecule has 2 aromatic heterocycles. The molecule has 1 aliphatic heterocycles. The molecule has 32 heavy (non-hydrogen) atoms. The lowest BCUT2D eigenvalue weighted by Crippen LogP contribution is -2.38. The van der Waals surface area contributed by atoms with Gasteiger partial charge in [0.25, 0.3) is 5.56 Å². The van der Waals surface area contributed by atoms with Crippen LogP contribution < -0.4 is 10.9 Å². The number of fused-ring (bicyclic) bond motifs is 1. The van der Waals surface area contributed by atoms with E-state index in [1.165, 1.54) is 4.68 Å². The molecule has 1 saturated heterocycles. The number of carbonyl (C=O) groups excluding carboxylic acids is 2. The summed E-state index contributed by atoms with van der Waals surface area (Å²) in [5, 5.41) is 12.5. The lowest BCUT2D eigenvalue weighted by Gasteiger charge is -2.17. The molecule has 0 saturated carbocycles. The molecule has 9 nitrogen and oxygen atoms in total. The summed E-state index contributed by atoms with van der Waals surface area (Å²) in [5.41, 5.74) is 2.23. The first-order valence-corrected chi connectivity index (χ1v) is 11.0. The Hall–Kier alpha value is -3.49. The van der Waals surface area contributed by atoms with Crippen molar-refractivity contribution in [3.63, 3.8) is 0 Å². The van der Waals surface area contributed by atoms with E-state index in [9.17, 15) is 14.4 Å². The molecule has 1 atom stereocenters. The van der Waals surface area contributed by atoms with Gasteiger partial charge >= 0.3 is 0 Å². The van der Waals surface area contributed by atoms with Gasteiger partial charge in [-0.1, -0.05) is 18.2 Å². The number of rotatable bonds is 7. The minimum Gasteiger partial charge on any atom is -0.354 e. The van der Waals surface area contributed by atoms with Crippen molar-refractivity contribution in [2.45, 2.75) is 46.1 Å². The number of likely N-dealkylation sites (tertiary alicyclic amines) is 1. The first-order valence-electron chi connectivity index (χ1n) is 11.0. The predicted octanol–water partition coefficient (Wildman–Crippen LogP) is 1.89. The van der Waals surface area contributed by atoms with Gasteiger partial charge in [-0.2, -0.15) is 10.2 Å². The van der Waals surface area contributed by atoms with Crippen LogP contribution in [0.5, 0.6) is 0 Å². The van der Waals surface area contributed by atoms with Gasteiger partial charge in [0.15, 0.2) is 5.52 Å². The summed E-state index contributed by atoms with van der Waals surface area (Å²) in [6.45, 7) is 7.23. The van der Waals surface area contributed by atoms with E-state index in [1.54, 1.807) is 11.6 Å². The fourth-order valence-electron chi connectivity index (χ4n) is 4.21. The number of nitrogens with one attached hydrogen (secondary N) is 1. The molecular formula is C23H28N6O3. The summed E-state index contributed by atoms with van der Waals surface area (Å²) >= 11 is 0. The molecule has 0 aliphatic carbocycles. The van der Waals surface area contributed by atoms with Crippen molar-refractivity contribution in [2.24, 2.45) is 0 Å². The molecule has 0 bridgehead atoms. The van der Waals surface area contributed by atoms with Crippen LogP contribution in [-0.2, 0) is 9.59 Å². The number of para-hydroxylation sites is 1. The molecule has 1 aromatic carbocycles. The van der Waals surface area contributed by atoms with Crippen molar-refractivity contribution in [3.8, 4) is 5.69 Å². The Balaban J connectivity index is 1.52. The maximum absolute atomic E-state index is 13.2. The summed E-state index contributed by atoms with van der Waals surface area (Å²) in [5.74, 6) is -0.111.